The maximum atomic E-state index is 12.5. The molecular weight excluding hydrogens is 338 g/mol. The summed E-state index contributed by atoms with van der Waals surface area (Å²) in [7, 11) is 0. The van der Waals surface area contributed by atoms with E-state index in [0.29, 0.717) is 24.4 Å². The van der Waals surface area contributed by atoms with Gasteiger partial charge in [-0.3, -0.25) is 9.69 Å². The van der Waals surface area contributed by atoms with Gasteiger partial charge in [0.25, 0.3) is 0 Å². The third kappa shape index (κ3) is 6.33. The predicted octanol–water partition coefficient (Wildman–Crippen LogP) is 2.82. The van der Waals surface area contributed by atoms with Gasteiger partial charge in [0.1, 0.15) is 23.1 Å². The minimum absolute atomic E-state index is 0.181. The summed E-state index contributed by atoms with van der Waals surface area (Å²) >= 11 is 0. The van der Waals surface area contributed by atoms with Crippen LogP contribution in [0.15, 0.2) is 10.6 Å². The van der Waals surface area contributed by atoms with Gasteiger partial charge in [0.2, 0.25) is 0 Å². The van der Waals surface area contributed by atoms with Crippen molar-refractivity contribution in [3.8, 4) is 0 Å². The molecule has 1 aromatic rings. The lowest BCUT2D eigenvalue weighted by molar-refractivity contribution is -0.144. The monoisotopic (exact) mass is 369 g/mol. The number of amides is 1. The standard InChI is InChI=1S/C18H31N3O5/c1-7-15(21(8-2)17(23)25-18(4,5)6)14-11-12(26-20-14)10-13(19)16(22)24-9-3/h11,13,15H,7-10,19H2,1-6H3/t13-,15-/m0/s1. The van der Waals surface area contributed by atoms with E-state index in [1.54, 1.807) is 17.9 Å². The van der Waals surface area contributed by atoms with Crippen LogP contribution < -0.4 is 5.73 Å². The average molecular weight is 369 g/mol. The molecule has 0 saturated carbocycles. The van der Waals surface area contributed by atoms with Crippen LogP contribution in [-0.2, 0) is 20.7 Å². The molecule has 8 heteroatoms. The molecule has 26 heavy (non-hydrogen) atoms. The fourth-order valence-corrected chi connectivity index (χ4v) is 2.52. The summed E-state index contributed by atoms with van der Waals surface area (Å²) in [5.41, 5.74) is 5.83. The molecule has 0 unspecified atom stereocenters. The van der Waals surface area contributed by atoms with Gasteiger partial charge in [-0.1, -0.05) is 12.1 Å². The summed E-state index contributed by atoms with van der Waals surface area (Å²) in [4.78, 5) is 25.7. The van der Waals surface area contributed by atoms with Gasteiger partial charge in [-0.2, -0.15) is 0 Å². The second kappa shape index (κ2) is 9.56. The van der Waals surface area contributed by atoms with Crippen LogP contribution in [0, 0.1) is 0 Å². The number of aromatic nitrogens is 1. The third-order valence-electron chi connectivity index (χ3n) is 3.66. The van der Waals surface area contributed by atoms with E-state index < -0.39 is 23.7 Å². The number of carbonyl (C=O) groups is 2. The van der Waals surface area contributed by atoms with Crippen molar-refractivity contribution in [2.75, 3.05) is 13.2 Å². The van der Waals surface area contributed by atoms with E-state index in [4.69, 9.17) is 19.7 Å². The van der Waals surface area contributed by atoms with Crippen LogP contribution in [0.1, 0.15) is 65.5 Å². The number of esters is 1. The Balaban J connectivity index is 2.88. The molecule has 0 spiro atoms. The molecule has 1 heterocycles. The lowest BCUT2D eigenvalue weighted by Gasteiger charge is -2.31. The summed E-state index contributed by atoms with van der Waals surface area (Å²) in [5.74, 6) is -0.0133. The summed E-state index contributed by atoms with van der Waals surface area (Å²) in [6.07, 6.45) is 0.420. The number of nitrogens with zero attached hydrogens (tertiary/aromatic N) is 2. The summed E-state index contributed by atoms with van der Waals surface area (Å²) in [6, 6.07) is 0.621. The molecule has 8 nitrogen and oxygen atoms in total. The Morgan fingerprint density at radius 2 is 1.96 bits per heavy atom. The maximum Gasteiger partial charge on any atom is 0.410 e. The Kier molecular flexibility index (Phi) is 8.08. The molecule has 0 aliphatic carbocycles. The number of nitrogens with two attached hydrogens (primary N) is 1. The van der Waals surface area contributed by atoms with Crippen molar-refractivity contribution in [2.24, 2.45) is 5.73 Å². The molecule has 0 aliphatic heterocycles. The minimum Gasteiger partial charge on any atom is -0.465 e. The second-order valence-electron chi connectivity index (χ2n) is 6.97. The molecule has 148 valence electrons. The Labute approximate surface area is 155 Å². The number of hydrogen-bond acceptors (Lipinski definition) is 7. The molecule has 2 N–H and O–H groups in total. The molecule has 1 amide bonds. The third-order valence-corrected chi connectivity index (χ3v) is 3.66. The Hall–Kier alpha value is -2.09. The Morgan fingerprint density at radius 1 is 1.31 bits per heavy atom. The largest absolute Gasteiger partial charge is 0.465 e. The zero-order valence-electron chi connectivity index (χ0n) is 16.6. The van der Waals surface area contributed by atoms with E-state index >= 15 is 0 Å². The minimum atomic E-state index is -0.816. The van der Waals surface area contributed by atoms with Crippen LogP contribution >= 0.6 is 0 Å². The fraction of sp³-hybridized carbons (Fsp3) is 0.722. The lowest BCUT2D eigenvalue weighted by Crippen LogP contribution is -2.39. The zero-order valence-corrected chi connectivity index (χ0v) is 16.6. The summed E-state index contributed by atoms with van der Waals surface area (Å²) in [5, 5.41) is 4.06. The number of hydrogen-bond donors (Lipinski definition) is 1. The highest BCUT2D eigenvalue weighted by atomic mass is 16.6. The van der Waals surface area contributed by atoms with Crippen LogP contribution in [0.2, 0.25) is 0 Å². The highest BCUT2D eigenvalue weighted by molar-refractivity contribution is 5.75. The first-order chi connectivity index (χ1) is 12.1. The van der Waals surface area contributed by atoms with Crippen molar-refractivity contribution in [1.82, 2.24) is 10.1 Å². The van der Waals surface area contributed by atoms with Crippen molar-refractivity contribution in [1.29, 1.82) is 0 Å². The van der Waals surface area contributed by atoms with Crippen molar-refractivity contribution >= 4 is 12.1 Å². The molecule has 0 fully saturated rings. The number of carbonyl (C=O) groups excluding carboxylic acids is 2. The molecule has 0 radical (unpaired) electrons. The Morgan fingerprint density at radius 3 is 2.46 bits per heavy atom. The van der Waals surface area contributed by atoms with Crippen molar-refractivity contribution < 1.29 is 23.6 Å². The van der Waals surface area contributed by atoms with Crippen LogP contribution in [0.3, 0.4) is 0 Å². The van der Waals surface area contributed by atoms with Gasteiger partial charge < -0.3 is 19.7 Å². The van der Waals surface area contributed by atoms with E-state index in [0.717, 1.165) is 0 Å². The predicted molar refractivity (Wildman–Crippen MR) is 96.5 cm³/mol. The van der Waals surface area contributed by atoms with Gasteiger partial charge in [0.05, 0.1) is 12.6 Å². The van der Waals surface area contributed by atoms with Crippen LogP contribution in [0.4, 0.5) is 4.79 Å². The van der Waals surface area contributed by atoms with Crippen LogP contribution in [0.25, 0.3) is 0 Å². The molecule has 2 atom stereocenters. The normalized spacial score (nSPS) is 13.8. The van der Waals surface area contributed by atoms with Gasteiger partial charge >= 0.3 is 12.1 Å². The highest BCUT2D eigenvalue weighted by Gasteiger charge is 2.29. The average Bonchev–Trinajstić information content (AvgIpc) is 2.98. The van der Waals surface area contributed by atoms with Gasteiger partial charge in [-0.25, -0.2) is 4.79 Å². The van der Waals surface area contributed by atoms with E-state index in [1.165, 1.54) is 0 Å². The first-order valence-corrected chi connectivity index (χ1v) is 9.00. The van der Waals surface area contributed by atoms with Crippen LogP contribution in [-0.4, -0.2) is 46.9 Å². The maximum absolute atomic E-state index is 12.5. The van der Waals surface area contributed by atoms with E-state index in [9.17, 15) is 9.59 Å². The highest BCUT2D eigenvalue weighted by Crippen LogP contribution is 2.26. The second-order valence-corrected chi connectivity index (χ2v) is 6.97. The topological polar surface area (TPSA) is 108 Å². The quantitative estimate of drug-likeness (QED) is 0.702. The first kappa shape index (κ1) is 22.0. The molecular formula is C18H31N3O5. The van der Waals surface area contributed by atoms with Crippen molar-refractivity contribution in [3.05, 3.63) is 17.5 Å². The molecule has 0 aromatic carbocycles. The first-order valence-electron chi connectivity index (χ1n) is 9.00. The van der Waals surface area contributed by atoms with Crippen molar-refractivity contribution in [3.63, 3.8) is 0 Å². The van der Waals surface area contributed by atoms with Gasteiger partial charge in [0, 0.05) is 19.0 Å². The van der Waals surface area contributed by atoms with E-state index in [-0.39, 0.29) is 19.1 Å². The Bertz CT molecular complexity index is 594. The smallest absolute Gasteiger partial charge is 0.410 e. The van der Waals surface area contributed by atoms with Gasteiger partial charge in [-0.15, -0.1) is 0 Å². The van der Waals surface area contributed by atoms with Gasteiger partial charge in [0.15, 0.2) is 0 Å². The van der Waals surface area contributed by atoms with E-state index in [2.05, 4.69) is 5.16 Å². The zero-order chi connectivity index (χ0) is 19.9. The number of rotatable bonds is 8. The van der Waals surface area contributed by atoms with Crippen LogP contribution in [0.5, 0.6) is 0 Å². The van der Waals surface area contributed by atoms with Gasteiger partial charge in [-0.05, 0) is 41.0 Å². The molecule has 0 bridgehead atoms. The molecule has 1 aromatic heterocycles. The summed E-state index contributed by atoms with van der Waals surface area (Å²) in [6.45, 7) is 11.8. The SMILES string of the molecule is CCOC(=O)[C@@H](N)Cc1cc([C@H](CC)N(CC)C(=O)OC(C)(C)C)no1. The fourth-order valence-electron chi connectivity index (χ4n) is 2.52. The molecule has 0 saturated heterocycles. The van der Waals surface area contributed by atoms with E-state index in [1.807, 2.05) is 34.6 Å². The lowest BCUT2D eigenvalue weighted by atomic mass is 10.1. The van der Waals surface area contributed by atoms with Crippen molar-refractivity contribution in [2.45, 2.75) is 72.1 Å². The summed E-state index contributed by atoms with van der Waals surface area (Å²) < 4.78 is 15.7. The number of ether oxygens (including phenoxy) is 2. The molecule has 0 aliphatic rings. The molecule has 1 rings (SSSR count).